The molecule has 5 atom stereocenters. The van der Waals surface area contributed by atoms with Crippen LogP contribution in [0, 0.1) is 30.6 Å². The van der Waals surface area contributed by atoms with Gasteiger partial charge in [0.15, 0.2) is 6.10 Å². The molecule has 228 valence electrons. The highest BCUT2D eigenvalue weighted by Gasteiger charge is 2.61. The van der Waals surface area contributed by atoms with Crippen LogP contribution >= 0.6 is 39.1 Å². The molecule has 5 unspecified atom stereocenters. The first-order chi connectivity index (χ1) is 21.5. The van der Waals surface area contributed by atoms with Crippen molar-refractivity contribution in [3.8, 4) is 11.3 Å². The van der Waals surface area contributed by atoms with Crippen LogP contribution in [0.1, 0.15) is 52.5 Å². The molecule has 3 aromatic carbocycles. The van der Waals surface area contributed by atoms with Crippen LogP contribution < -0.4 is 4.90 Å². The molecule has 1 aliphatic heterocycles. The molecule has 2 bridgehead atoms. The Labute approximate surface area is 278 Å². The molecular weight excluding hydrogens is 679 g/mol. The first kappa shape index (κ1) is 30.1. The van der Waals surface area contributed by atoms with Crippen LogP contribution in [0.15, 0.2) is 65.1 Å². The van der Waals surface area contributed by atoms with Crippen molar-refractivity contribution in [2.45, 2.75) is 39.2 Å². The summed E-state index contributed by atoms with van der Waals surface area (Å²) in [6, 6.07) is 16.8. The number of anilines is 1. The van der Waals surface area contributed by atoms with Gasteiger partial charge in [-0.3, -0.25) is 19.3 Å². The summed E-state index contributed by atoms with van der Waals surface area (Å²) < 4.78 is 6.27. The SMILES string of the molecule is Cc1c(Cl)c(Br)cc2c(C(=O)OC(C)C(=O)c3ccc(Cl)cc3)cc(-c3ccc(N4C(=O)C5C6CCC(C6)C5C4=O)cc3)nc12. The van der Waals surface area contributed by atoms with Crippen molar-refractivity contribution >= 4 is 79.3 Å². The Kier molecular flexibility index (Phi) is 7.58. The number of fused-ring (bicyclic) bond motifs is 6. The number of ketones is 1. The second kappa shape index (κ2) is 11.3. The molecule has 2 amide bonds. The van der Waals surface area contributed by atoms with Gasteiger partial charge in [-0.15, -0.1) is 0 Å². The number of Topliss-reactive ketones (excluding diaryl/α,β-unsaturated/α-hetero) is 1. The van der Waals surface area contributed by atoms with Gasteiger partial charge in [0, 0.05) is 26.0 Å². The third kappa shape index (κ3) is 4.98. The number of pyridine rings is 1. The van der Waals surface area contributed by atoms with E-state index in [1.807, 2.05) is 6.92 Å². The Morgan fingerprint density at radius 2 is 1.58 bits per heavy atom. The van der Waals surface area contributed by atoms with Gasteiger partial charge < -0.3 is 4.74 Å². The van der Waals surface area contributed by atoms with E-state index in [2.05, 4.69) is 15.9 Å². The number of nitrogens with zero attached hydrogens (tertiary/aromatic N) is 2. The van der Waals surface area contributed by atoms with Crippen LogP contribution in [0.3, 0.4) is 0 Å². The molecule has 1 saturated heterocycles. The fourth-order valence-corrected chi connectivity index (χ4v) is 8.14. The maximum absolute atomic E-state index is 13.7. The maximum Gasteiger partial charge on any atom is 0.339 e. The minimum atomic E-state index is -1.06. The average molecular weight is 706 g/mol. The fraction of sp³-hybridized carbons (Fsp3) is 0.286. The zero-order chi connectivity index (χ0) is 31.7. The van der Waals surface area contributed by atoms with Crippen molar-refractivity contribution in [2.75, 3.05) is 4.90 Å². The van der Waals surface area contributed by atoms with Crippen LogP contribution in [0.2, 0.25) is 10.0 Å². The van der Waals surface area contributed by atoms with E-state index in [1.165, 1.54) is 11.8 Å². The number of hydrogen-bond acceptors (Lipinski definition) is 6. The van der Waals surface area contributed by atoms with Crippen LogP contribution in [-0.2, 0) is 14.3 Å². The van der Waals surface area contributed by atoms with E-state index in [1.54, 1.807) is 60.7 Å². The van der Waals surface area contributed by atoms with Gasteiger partial charge in [-0.1, -0.05) is 35.3 Å². The Bertz CT molecular complexity index is 1900. The van der Waals surface area contributed by atoms with Gasteiger partial charge in [0.05, 0.1) is 39.3 Å². The van der Waals surface area contributed by atoms with Crippen molar-refractivity contribution in [2.24, 2.45) is 23.7 Å². The number of hydrogen-bond donors (Lipinski definition) is 0. The van der Waals surface area contributed by atoms with E-state index in [4.69, 9.17) is 32.9 Å². The zero-order valence-electron chi connectivity index (χ0n) is 24.4. The number of carbonyl (C=O) groups is 4. The minimum Gasteiger partial charge on any atom is -0.451 e. The molecule has 2 heterocycles. The summed E-state index contributed by atoms with van der Waals surface area (Å²) in [5, 5.41) is 1.46. The number of aromatic nitrogens is 1. The van der Waals surface area contributed by atoms with Gasteiger partial charge in [-0.2, -0.15) is 0 Å². The maximum atomic E-state index is 13.7. The smallest absolute Gasteiger partial charge is 0.339 e. The number of carbonyl (C=O) groups excluding carboxylic acids is 4. The molecule has 0 N–H and O–H groups in total. The van der Waals surface area contributed by atoms with Gasteiger partial charge in [-0.05, 0) is 115 Å². The van der Waals surface area contributed by atoms with E-state index < -0.39 is 12.1 Å². The average Bonchev–Trinajstić information content (AvgIpc) is 3.73. The normalized spacial score (nSPS) is 22.6. The third-order valence-corrected chi connectivity index (χ3v) is 11.2. The Morgan fingerprint density at radius 1 is 0.956 bits per heavy atom. The number of rotatable bonds is 6. The highest BCUT2D eigenvalue weighted by Crippen LogP contribution is 2.56. The van der Waals surface area contributed by atoms with Crippen molar-refractivity contribution in [1.82, 2.24) is 4.98 Å². The summed E-state index contributed by atoms with van der Waals surface area (Å²) in [7, 11) is 0. The quantitative estimate of drug-likeness (QED) is 0.114. The van der Waals surface area contributed by atoms with Crippen molar-refractivity contribution < 1.29 is 23.9 Å². The topological polar surface area (TPSA) is 93.6 Å². The van der Waals surface area contributed by atoms with Gasteiger partial charge in [0.2, 0.25) is 17.6 Å². The monoisotopic (exact) mass is 704 g/mol. The van der Waals surface area contributed by atoms with Gasteiger partial charge >= 0.3 is 5.97 Å². The molecule has 3 aliphatic rings. The molecule has 7 nitrogen and oxygen atoms in total. The highest BCUT2D eigenvalue weighted by molar-refractivity contribution is 9.10. The Balaban J connectivity index is 1.22. The van der Waals surface area contributed by atoms with Gasteiger partial charge in [-0.25, -0.2) is 9.78 Å². The number of amides is 2. The summed E-state index contributed by atoms with van der Waals surface area (Å²) >= 11 is 16.0. The molecular formula is C35H27BrCl2N2O5. The Hall–Kier alpha value is -3.59. The van der Waals surface area contributed by atoms with E-state index in [0.717, 1.165) is 19.3 Å². The summed E-state index contributed by atoms with van der Waals surface area (Å²) in [4.78, 5) is 59.5. The first-order valence-electron chi connectivity index (χ1n) is 14.8. The fourth-order valence-electron chi connectivity index (χ4n) is 7.35. The standard InChI is InChI=1S/C35H27BrCl2N2O5/c1-16-30(38)26(36)14-24-25(35(44)45-17(2)32(41)19-5-9-22(37)10-6-19)15-27(39-31(16)24)18-7-11-23(12-8-18)40-33(42)28-20-3-4-21(13-20)29(28)34(40)43/h5-12,14-15,17,20-21,28-29H,3-4,13H2,1-2H3. The summed E-state index contributed by atoms with van der Waals surface area (Å²) in [5.74, 6) is -1.05. The van der Waals surface area contributed by atoms with Gasteiger partial charge in [0.25, 0.3) is 0 Å². The number of benzene rings is 3. The van der Waals surface area contributed by atoms with Crippen molar-refractivity contribution in [1.29, 1.82) is 0 Å². The predicted molar refractivity (Wildman–Crippen MR) is 176 cm³/mol. The molecule has 1 aromatic heterocycles. The minimum absolute atomic E-state index is 0.100. The summed E-state index contributed by atoms with van der Waals surface area (Å²) in [6.45, 7) is 3.34. The molecule has 0 spiro atoms. The molecule has 0 radical (unpaired) electrons. The molecule has 2 saturated carbocycles. The van der Waals surface area contributed by atoms with Crippen LogP contribution in [0.4, 0.5) is 5.69 Å². The van der Waals surface area contributed by atoms with E-state index in [-0.39, 0.29) is 35.0 Å². The van der Waals surface area contributed by atoms with Crippen molar-refractivity contribution in [3.63, 3.8) is 0 Å². The number of imide groups is 1. The largest absolute Gasteiger partial charge is 0.451 e. The lowest BCUT2D eigenvalue weighted by Gasteiger charge is -2.19. The summed E-state index contributed by atoms with van der Waals surface area (Å²) in [5.41, 5.74) is 3.40. The number of esters is 1. The van der Waals surface area contributed by atoms with Crippen molar-refractivity contribution in [3.05, 3.63) is 91.9 Å². The Morgan fingerprint density at radius 3 is 2.20 bits per heavy atom. The second-order valence-corrected chi connectivity index (χ2v) is 13.8. The lowest BCUT2D eigenvalue weighted by atomic mass is 9.81. The molecule has 7 rings (SSSR count). The molecule has 45 heavy (non-hydrogen) atoms. The number of halogens is 3. The highest BCUT2D eigenvalue weighted by atomic mass is 79.9. The molecule has 4 aromatic rings. The van der Waals surface area contributed by atoms with Crippen LogP contribution in [0.25, 0.3) is 22.2 Å². The lowest BCUT2D eigenvalue weighted by molar-refractivity contribution is -0.123. The molecule has 3 fully saturated rings. The third-order valence-electron chi connectivity index (χ3n) is 9.57. The van der Waals surface area contributed by atoms with E-state index in [9.17, 15) is 19.2 Å². The number of aryl methyl sites for hydroxylation is 1. The number of ether oxygens (including phenoxy) is 1. The van der Waals surface area contributed by atoms with E-state index in [0.29, 0.717) is 65.3 Å². The predicted octanol–water partition coefficient (Wildman–Crippen LogP) is 8.24. The first-order valence-corrected chi connectivity index (χ1v) is 16.4. The zero-order valence-corrected chi connectivity index (χ0v) is 27.4. The second-order valence-electron chi connectivity index (χ2n) is 12.1. The van der Waals surface area contributed by atoms with Gasteiger partial charge in [0.1, 0.15) is 0 Å². The summed E-state index contributed by atoms with van der Waals surface area (Å²) in [6.07, 6.45) is 1.95. The molecule has 2 aliphatic carbocycles. The van der Waals surface area contributed by atoms with Crippen LogP contribution in [0.5, 0.6) is 0 Å². The lowest BCUT2D eigenvalue weighted by Crippen LogP contribution is -2.32. The molecule has 10 heteroatoms. The van der Waals surface area contributed by atoms with Crippen LogP contribution in [-0.4, -0.2) is 34.7 Å². The van der Waals surface area contributed by atoms with E-state index >= 15 is 0 Å².